The summed E-state index contributed by atoms with van der Waals surface area (Å²) in [5, 5.41) is 2.92. The predicted molar refractivity (Wildman–Crippen MR) is 114 cm³/mol. The van der Waals surface area contributed by atoms with Gasteiger partial charge in [-0.2, -0.15) is 0 Å². The molecule has 8 heteroatoms. The molecule has 0 unspecified atom stereocenters. The van der Waals surface area contributed by atoms with Gasteiger partial charge in [0.1, 0.15) is 0 Å². The molecule has 1 saturated heterocycles. The largest absolute Gasteiger partial charge is 0.325 e. The van der Waals surface area contributed by atoms with Crippen LogP contribution in [0.25, 0.3) is 0 Å². The van der Waals surface area contributed by atoms with E-state index >= 15 is 0 Å². The number of carbonyl (C=O) groups excluding carboxylic acids is 1. The number of piperidine rings is 1. The number of nitrogens with zero attached hydrogens (tertiary/aromatic N) is 1. The van der Waals surface area contributed by atoms with E-state index in [1.165, 1.54) is 4.31 Å². The summed E-state index contributed by atoms with van der Waals surface area (Å²) in [6.07, 6.45) is 1.05. The molecule has 2 aromatic rings. The zero-order chi connectivity index (χ0) is 19.4. The van der Waals surface area contributed by atoms with Crippen LogP contribution < -0.4 is 5.32 Å². The first-order valence-electron chi connectivity index (χ1n) is 8.63. The Balaban J connectivity index is 1.57. The van der Waals surface area contributed by atoms with Crippen molar-refractivity contribution in [2.24, 2.45) is 5.92 Å². The van der Waals surface area contributed by atoms with Crippen molar-refractivity contribution >= 4 is 53.5 Å². The third-order valence-electron chi connectivity index (χ3n) is 4.61. The average molecular weight is 516 g/mol. The lowest BCUT2D eigenvalue weighted by Crippen LogP contribution is -2.41. The Kier molecular flexibility index (Phi) is 6.73. The van der Waals surface area contributed by atoms with Crippen LogP contribution >= 0.6 is 31.9 Å². The molecule has 1 heterocycles. The first-order valence-corrected chi connectivity index (χ1v) is 11.8. The Morgan fingerprint density at radius 3 is 2.30 bits per heavy atom. The number of rotatable bonds is 5. The quantitative estimate of drug-likeness (QED) is 0.642. The number of hydrogen-bond acceptors (Lipinski definition) is 3. The van der Waals surface area contributed by atoms with Gasteiger partial charge in [0.15, 0.2) is 0 Å². The van der Waals surface area contributed by atoms with E-state index in [1.54, 1.807) is 12.1 Å². The monoisotopic (exact) mass is 514 g/mol. The molecule has 0 aromatic heterocycles. The topological polar surface area (TPSA) is 66.5 Å². The molecule has 0 bridgehead atoms. The zero-order valence-electron chi connectivity index (χ0n) is 14.6. The van der Waals surface area contributed by atoms with Gasteiger partial charge in [0.25, 0.3) is 0 Å². The Bertz CT molecular complexity index is 909. The average Bonchev–Trinajstić information content (AvgIpc) is 2.65. The molecular weight excluding hydrogens is 496 g/mol. The molecule has 1 aliphatic rings. The second-order valence-corrected chi connectivity index (χ2v) is 10.3. The molecule has 5 nitrogen and oxygen atoms in total. The number of halogens is 2. The minimum atomic E-state index is -3.39. The van der Waals surface area contributed by atoms with Crippen LogP contribution in [-0.4, -0.2) is 31.7 Å². The standard InChI is InChI=1S/C19H20Br2N2O3S/c20-16-7-5-14(6-8-16)13-27(25,26)23-11-9-15(10-12-23)19(24)22-18-4-2-1-3-17(18)21/h1-8,15H,9-13H2,(H,22,24). The number of hydrogen-bond donors (Lipinski definition) is 1. The first-order chi connectivity index (χ1) is 12.8. The maximum absolute atomic E-state index is 12.7. The van der Waals surface area contributed by atoms with Crippen molar-refractivity contribution in [2.45, 2.75) is 18.6 Å². The van der Waals surface area contributed by atoms with Gasteiger partial charge in [0, 0.05) is 28.0 Å². The Hall–Kier alpha value is -1.22. The van der Waals surface area contributed by atoms with E-state index in [9.17, 15) is 13.2 Å². The van der Waals surface area contributed by atoms with Crippen molar-refractivity contribution < 1.29 is 13.2 Å². The number of para-hydroxylation sites is 1. The molecule has 1 amide bonds. The zero-order valence-corrected chi connectivity index (χ0v) is 18.6. The molecule has 0 aliphatic carbocycles. The summed E-state index contributed by atoms with van der Waals surface area (Å²) >= 11 is 6.76. The fraction of sp³-hybridized carbons (Fsp3) is 0.316. The smallest absolute Gasteiger partial charge is 0.227 e. The molecule has 0 spiro atoms. The Morgan fingerprint density at radius 1 is 1.04 bits per heavy atom. The maximum atomic E-state index is 12.7. The number of sulfonamides is 1. The van der Waals surface area contributed by atoms with Gasteiger partial charge in [-0.3, -0.25) is 4.79 Å². The van der Waals surface area contributed by atoms with Crippen molar-refractivity contribution in [3.05, 3.63) is 63.0 Å². The molecule has 0 atom stereocenters. The number of nitrogens with one attached hydrogen (secondary N) is 1. The lowest BCUT2D eigenvalue weighted by molar-refractivity contribution is -0.120. The van der Waals surface area contributed by atoms with Crippen LogP contribution in [0.4, 0.5) is 5.69 Å². The summed E-state index contributed by atoms with van der Waals surface area (Å²) in [4.78, 5) is 12.5. The van der Waals surface area contributed by atoms with Crippen molar-refractivity contribution in [1.29, 1.82) is 0 Å². The predicted octanol–water partition coefficient (Wildman–Crippen LogP) is 4.39. The van der Waals surface area contributed by atoms with Crippen molar-refractivity contribution in [3.63, 3.8) is 0 Å². The summed E-state index contributed by atoms with van der Waals surface area (Å²) in [5.41, 5.74) is 1.49. The lowest BCUT2D eigenvalue weighted by atomic mass is 9.97. The highest BCUT2D eigenvalue weighted by atomic mass is 79.9. The van der Waals surface area contributed by atoms with Crippen LogP contribution in [0.2, 0.25) is 0 Å². The highest BCUT2D eigenvalue weighted by Gasteiger charge is 2.31. The van der Waals surface area contributed by atoms with Gasteiger partial charge >= 0.3 is 0 Å². The van der Waals surface area contributed by atoms with Crippen LogP contribution in [0, 0.1) is 5.92 Å². The maximum Gasteiger partial charge on any atom is 0.227 e. The molecule has 0 radical (unpaired) electrons. The van der Waals surface area contributed by atoms with Crippen LogP contribution in [0.5, 0.6) is 0 Å². The number of carbonyl (C=O) groups is 1. The first kappa shape index (κ1) is 20.5. The molecule has 1 N–H and O–H groups in total. The van der Waals surface area contributed by atoms with Crippen LogP contribution in [0.3, 0.4) is 0 Å². The fourth-order valence-electron chi connectivity index (χ4n) is 3.08. The molecule has 0 saturated carbocycles. The van der Waals surface area contributed by atoms with Crippen LogP contribution in [0.15, 0.2) is 57.5 Å². The van der Waals surface area contributed by atoms with Gasteiger partial charge in [0.05, 0.1) is 11.4 Å². The molecule has 1 aliphatic heterocycles. The minimum Gasteiger partial charge on any atom is -0.325 e. The van der Waals surface area contributed by atoms with E-state index in [-0.39, 0.29) is 17.6 Å². The number of anilines is 1. The van der Waals surface area contributed by atoms with E-state index in [2.05, 4.69) is 37.2 Å². The second kappa shape index (κ2) is 8.86. The van der Waals surface area contributed by atoms with Gasteiger partial charge in [0.2, 0.25) is 15.9 Å². The van der Waals surface area contributed by atoms with E-state index in [0.29, 0.717) is 25.9 Å². The molecule has 27 heavy (non-hydrogen) atoms. The highest BCUT2D eigenvalue weighted by Crippen LogP contribution is 2.26. The molecule has 3 rings (SSSR count). The number of benzene rings is 2. The van der Waals surface area contributed by atoms with E-state index in [1.807, 2.05) is 36.4 Å². The minimum absolute atomic E-state index is 0.0197. The summed E-state index contributed by atoms with van der Waals surface area (Å²) < 4.78 is 28.6. The van der Waals surface area contributed by atoms with Crippen molar-refractivity contribution in [2.75, 3.05) is 18.4 Å². The molecule has 144 valence electrons. The normalized spacial score (nSPS) is 16.2. The summed E-state index contributed by atoms with van der Waals surface area (Å²) in [7, 11) is -3.39. The van der Waals surface area contributed by atoms with Gasteiger partial charge in [-0.15, -0.1) is 0 Å². The third-order valence-corrected chi connectivity index (χ3v) is 7.68. The molecule has 2 aromatic carbocycles. The van der Waals surface area contributed by atoms with Gasteiger partial charge in [-0.05, 0) is 58.6 Å². The van der Waals surface area contributed by atoms with Crippen molar-refractivity contribution in [3.8, 4) is 0 Å². The number of amides is 1. The Morgan fingerprint density at radius 2 is 1.67 bits per heavy atom. The lowest BCUT2D eigenvalue weighted by Gasteiger charge is -2.30. The third kappa shape index (κ3) is 5.40. The molecule has 1 fully saturated rings. The van der Waals surface area contributed by atoms with E-state index in [4.69, 9.17) is 0 Å². The summed E-state index contributed by atoms with van der Waals surface area (Å²) in [5.74, 6) is -0.267. The summed E-state index contributed by atoms with van der Waals surface area (Å²) in [6.45, 7) is 0.736. The van der Waals surface area contributed by atoms with E-state index < -0.39 is 10.0 Å². The van der Waals surface area contributed by atoms with Crippen molar-refractivity contribution in [1.82, 2.24) is 4.31 Å². The highest BCUT2D eigenvalue weighted by molar-refractivity contribution is 9.10. The van der Waals surface area contributed by atoms with Crippen LogP contribution in [-0.2, 0) is 20.6 Å². The van der Waals surface area contributed by atoms with Gasteiger partial charge in [-0.25, -0.2) is 12.7 Å². The fourth-order valence-corrected chi connectivity index (χ4v) is 5.29. The second-order valence-electron chi connectivity index (χ2n) is 6.53. The summed E-state index contributed by atoms with van der Waals surface area (Å²) in [6, 6.07) is 14.7. The van der Waals surface area contributed by atoms with Gasteiger partial charge in [-0.1, -0.05) is 40.2 Å². The van der Waals surface area contributed by atoms with Gasteiger partial charge < -0.3 is 5.32 Å². The SMILES string of the molecule is O=C(Nc1ccccc1Br)C1CCN(S(=O)(=O)Cc2ccc(Br)cc2)CC1. The molecular formula is C19H20Br2N2O3S. The van der Waals surface area contributed by atoms with Crippen LogP contribution in [0.1, 0.15) is 18.4 Å². The van der Waals surface area contributed by atoms with E-state index in [0.717, 1.165) is 20.2 Å². The Labute approximate surface area is 176 Å².